The zero-order valence-corrected chi connectivity index (χ0v) is 9.13. The van der Waals surface area contributed by atoms with Crippen molar-refractivity contribution in [1.82, 2.24) is 4.98 Å². The van der Waals surface area contributed by atoms with Gasteiger partial charge in [-0.05, 0) is 24.3 Å². The molecule has 2 aromatic rings. The molecule has 0 amide bonds. The Balaban J connectivity index is 1.81. The van der Waals surface area contributed by atoms with E-state index in [1.807, 2.05) is 35.8 Å². The fourth-order valence-electron chi connectivity index (χ4n) is 1.29. The zero-order chi connectivity index (χ0) is 10.5. The van der Waals surface area contributed by atoms with Gasteiger partial charge < -0.3 is 11.1 Å². The summed E-state index contributed by atoms with van der Waals surface area (Å²) in [5.74, 6) is 0. The molecule has 4 heteroatoms. The molecule has 78 valence electrons. The van der Waals surface area contributed by atoms with Gasteiger partial charge in [0.15, 0.2) is 0 Å². The number of nitrogens with zero attached hydrogens (tertiary/aromatic N) is 1. The summed E-state index contributed by atoms with van der Waals surface area (Å²) in [6.45, 7) is 0.900. The Morgan fingerprint density at radius 1 is 1.27 bits per heavy atom. The fraction of sp³-hybridized carbons (Fsp3) is 0.182. The third-order valence-corrected chi connectivity index (χ3v) is 2.90. The molecule has 0 fully saturated rings. The van der Waals surface area contributed by atoms with Crippen molar-refractivity contribution in [3.63, 3.8) is 0 Å². The number of nitrogen functional groups attached to an aromatic ring is 1. The standard InChI is InChI=1S/C11H13N3S/c12-9-1-3-10(4-2-9)13-6-5-11-14-7-8-15-11/h1-4,7-8,13H,5-6,12H2. The van der Waals surface area contributed by atoms with Crippen LogP contribution in [0, 0.1) is 0 Å². The lowest BCUT2D eigenvalue weighted by molar-refractivity contribution is 0.998. The van der Waals surface area contributed by atoms with E-state index in [9.17, 15) is 0 Å². The summed E-state index contributed by atoms with van der Waals surface area (Å²) < 4.78 is 0. The van der Waals surface area contributed by atoms with Crippen molar-refractivity contribution in [2.45, 2.75) is 6.42 Å². The second-order valence-corrected chi connectivity index (χ2v) is 4.20. The van der Waals surface area contributed by atoms with Gasteiger partial charge in [0.05, 0.1) is 5.01 Å². The molecule has 3 N–H and O–H groups in total. The number of hydrogen-bond donors (Lipinski definition) is 2. The van der Waals surface area contributed by atoms with Crippen molar-refractivity contribution in [2.24, 2.45) is 0 Å². The highest BCUT2D eigenvalue weighted by molar-refractivity contribution is 7.09. The maximum absolute atomic E-state index is 5.60. The number of anilines is 2. The second-order valence-electron chi connectivity index (χ2n) is 3.22. The molecule has 15 heavy (non-hydrogen) atoms. The number of nitrogens with two attached hydrogens (primary N) is 1. The Kier molecular flexibility index (Phi) is 3.19. The topological polar surface area (TPSA) is 50.9 Å². The monoisotopic (exact) mass is 219 g/mol. The maximum atomic E-state index is 5.60. The van der Waals surface area contributed by atoms with Crippen LogP contribution in [0.5, 0.6) is 0 Å². The molecule has 0 aliphatic carbocycles. The predicted molar refractivity (Wildman–Crippen MR) is 65.2 cm³/mol. The average molecular weight is 219 g/mol. The summed E-state index contributed by atoms with van der Waals surface area (Å²) in [7, 11) is 0. The lowest BCUT2D eigenvalue weighted by atomic mass is 10.3. The number of aromatic nitrogens is 1. The van der Waals surface area contributed by atoms with Gasteiger partial charge in [0, 0.05) is 35.9 Å². The van der Waals surface area contributed by atoms with E-state index >= 15 is 0 Å². The summed E-state index contributed by atoms with van der Waals surface area (Å²) in [6, 6.07) is 7.76. The van der Waals surface area contributed by atoms with E-state index in [1.165, 1.54) is 0 Å². The van der Waals surface area contributed by atoms with Crippen molar-refractivity contribution in [2.75, 3.05) is 17.6 Å². The Labute approximate surface area is 93.0 Å². The van der Waals surface area contributed by atoms with Crippen LogP contribution in [0.25, 0.3) is 0 Å². The number of benzene rings is 1. The van der Waals surface area contributed by atoms with Crippen LogP contribution in [0.4, 0.5) is 11.4 Å². The smallest absolute Gasteiger partial charge is 0.0942 e. The Hall–Kier alpha value is -1.55. The minimum atomic E-state index is 0.792. The Morgan fingerprint density at radius 2 is 2.07 bits per heavy atom. The SMILES string of the molecule is Nc1ccc(NCCc2nccs2)cc1. The number of rotatable bonds is 4. The van der Waals surface area contributed by atoms with E-state index in [1.54, 1.807) is 11.3 Å². The number of nitrogens with one attached hydrogen (secondary N) is 1. The summed E-state index contributed by atoms with van der Waals surface area (Å²) in [5.41, 5.74) is 7.49. The van der Waals surface area contributed by atoms with E-state index in [0.717, 1.165) is 29.3 Å². The van der Waals surface area contributed by atoms with Crippen LogP contribution in [0.1, 0.15) is 5.01 Å². The highest BCUT2D eigenvalue weighted by Gasteiger charge is 1.95. The number of thiazole rings is 1. The first-order valence-electron chi connectivity index (χ1n) is 4.82. The van der Waals surface area contributed by atoms with Crippen LogP contribution in [-0.2, 0) is 6.42 Å². The van der Waals surface area contributed by atoms with Gasteiger partial charge in [0.1, 0.15) is 0 Å². The highest BCUT2D eigenvalue weighted by atomic mass is 32.1. The molecule has 0 unspecified atom stereocenters. The molecule has 1 aromatic heterocycles. The van der Waals surface area contributed by atoms with Crippen LogP contribution in [-0.4, -0.2) is 11.5 Å². The first-order valence-corrected chi connectivity index (χ1v) is 5.70. The lowest BCUT2D eigenvalue weighted by Gasteiger charge is -2.04. The molecule has 0 saturated carbocycles. The van der Waals surface area contributed by atoms with Crippen LogP contribution < -0.4 is 11.1 Å². The molecule has 1 aromatic carbocycles. The van der Waals surface area contributed by atoms with Crippen LogP contribution >= 0.6 is 11.3 Å². The summed E-state index contributed by atoms with van der Waals surface area (Å²) in [5, 5.41) is 6.48. The Morgan fingerprint density at radius 3 is 2.73 bits per heavy atom. The summed E-state index contributed by atoms with van der Waals surface area (Å²) >= 11 is 1.69. The molecule has 0 bridgehead atoms. The van der Waals surface area contributed by atoms with Crippen molar-refractivity contribution >= 4 is 22.7 Å². The molecule has 0 spiro atoms. The second kappa shape index (κ2) is 4.79. The van der Waals surface area contributed by atoms with E-state index in [0.29, 0.717) is 0 Å². The van der Waals surface area contributed by atoms with Crippen LogP contribution in [0.2, 0.25) is 0 Å². The minimum Gasteiger partial charge on any atom is -0.399 e. The van der Waals surface area contributed by atoms with Crippen molar-refractivity contribution in [1.29, 1.82) is 0 Å². The maximum Gasteiger partial charge on any atom is 0.0942 e. The molecule has 0 aliphatic heterocycles. The van der Waals surface area contributed by atoms with Gasteiger partial charge in [-0.1, -0.05) is 0 Å². The van der Waals surface area contributed by atoms with Crippen molar-refractivity contribution in [3.8, 4) is 0 Å². The lowest BCUT2D eigenvalue weighted by Crippen LogP contribution is -2.04. The van der Waals surface area contributed by atoms with E-state index < -0.39 is 0 Å². The molecule has 2 rings (SSSR count). The third kappa shape index (κ3) is 2.95. The molecule has 0 radical (unpaired) electrons. The van der Waals surface area contributed by atoms with Gasteiger partial charge in [0.2, 0.25) is 0 Å². The van der Waals surface area contributed by atoms with E-state index in [4.69, 9.17) is 5.73 Å². The van der Waals surface area contributed by atoms with E-state index in [-0.39, 0.29) is 0 Å². The minimum absolute atomic E-state index is 0.792. The summed E-state index contributed by atoms with van der Waals surface area (Å²) in [4.78, 5) is 4.22. The fourth-order valence-corrected chi connectivity index (χ4v) is 1.91. The molecule has 0 saturated heterocycles. The zero-order valence-electron chi connectivity index (χ0n) is 8.31. The van der Waals surface area contributed by atoms with Gasteiger partial charge in [-0.2, -0.15) is 0 Å². The van der Waals surface area contributed by atoms with Gasteiger partial charge in [-0.3, -0.25) is 0 Å². The van der Waals surface area contributed by atoms with Gasteiger partial charge in [0.25, 0.3) is 0 Å². The highest BCUT2D eigenvalue weighted by Crippen LogP contribution is 2.11. The van der Waals surface area contributed by atoms with Crippen LogP contribution in [0.15, 0.2) is 35.8 Å². The average Bonchev–Trinajstić information content (AvgIpc) is 2.74. The third-order valence-electron chi connectivity index (χ3n) is 2.06. The molecule has 0 atom stereocenters. The molecular weight excluding hydrogens is 206 g/mol. The van der Waals surface area contributed by atoms with Crippen LogP contribution in [0.3, 0.4) is 0 Å². The first kappa shape index (κ1) is 9.98. The van der Waals surface area contributed by atoms with Gasteiger partial charge in [-0.15, -0.1) is 11.3 Å². The predicted octanol–water partition coefficient (Wildman–Crippen LogP) is 2.38. The molecular formula is C11H13N3S. The first-order chi connectivity index (χ1) is 7.34. The summed E-state index contributed by atoms with van der Waals surface area (Å²) in [6.07, 6.45) is 2.80. The molecule has 3 nitrogen and oxygen atoms in total. The van der Waals surface area contributed by atoms with Crippen molar-refractivity contribution < 1.29 is 0 Å². The molecule has 0 aliphatic rings. The number of hydrogen-bond acceptors (Lipinski definition) is 4. The normalized spacial score (nSPS) is 10.1. The molecule has 1 heterocycles. The Bertz CT molecular complexity index is 394. The quantitative estimate of drug-likeness (QED) is 0.776. The van der Waals surface area contributed by atoms with Gasteiger partial charge in [-0.25, -0.2) is 4.98 Å². The largest absolute Gasteiger partial charge is 0.399 e. The van der Waals surface area contributed by atoms with Gasteiger partial charge >= 0.3 is 0 Å². The van der Waals surface area contributed by atoms with E-state index in [2.05, 4.69) is 10.3 Å². The van der Waals surface area contributed by atoms with Crippen molar-refractivity contribution in [3.05, 3.63) is 40.8 Å².